The van der Waals surface area contributed by atoms with Crippen molar-refractivity contribution >= 4 is 11.4 Å². The molecule has 0 amide bonds. The van der Waals surface area contributed by atoms with Gasteiger partial charge in [-0.2, -0.15) is 5.11 Å². The fourth-order valence-electron chi connectivity index (χ4n) is 3.00. The van der Waals surface area contributed by atoms with E-state index in [1.165, 1.54) is 10.2 Å². The highest BCUT2D eigenvalue weighted by Crippen LogP contribution is 2.23. The second-order valence-electron chi connectivity index (χ2n) is 6.99. The van der Waals surface area contributed by atoms with E-state index in [0.717, 1.165) is 29.8 Å². The van der Waals surface area contributed by atoms with Gasteiger partial charge in [-0.25, -0.2) is 4.68 Å². The molecule has 0 aliphatic rings. The molecule has 2 aromatic carbocycles. The van der Waals surface area contributed by atoms with Gasteiger partial charge in [0.1, 0.15) is 0 Å². The van der Waals surface area contributed by atoms with Gasteiger partial charge in [-0.1, -0.05) is 44.2 Å². The van der Waals surface area contributed by atoms with E-state index in [9.17, 15) is 4.79 Å². The van der Waals surface area contributed by atoms with E-state index >= 15 is 0 Å². The summed E-state index contributed by atoms with van der Waals surface area (Å²) in [7, 11) is 0. The van der Waals surface area contributed by atoms with Gasteiger partial charge in [0.15, 0.2) is 5.69 Å². The number of aryl methyl sites for hydroxylation is 1. The largest absolute Gasteiger partial charge is 0.299 e. The van der Waals surface area contributed by atoms with Gasteiger partial charge < -0.3 is 0 Å². The molecular formula is C23H26N4O. The van der Waals surface area contributed by atoms with Crippen molar-refractivity contribution in [1.29, 1.82) is 0 Å². The normalized spacial score (nSPS) is 12.4. The maximum absolute atomic E-state index is 12.8. The third-order valence-corrected chi connectivity index (χ3v) is 4.95. The Morgan fingerprint density at radius 3 is 2.39 bits per heavy atom. The standard InChI is InChI=1S/C23H26N4O/c1-5-7-18-8-14-21(15-9-18)27-23(28)22(17(4)26-27)25-24-20-12-10-19(11-13-20)16(3)6-2/h5,8-16,26H,1,6-7H2,2-4H3. The topological polar surface area (TPSA) is 62.5 Å². The molecule has 0 saturated heterocycles. The average molecular weight is 374 g/mol. The molecule has 0 radical (unpaired) electrons. The van der Waals surface area contributed by atoms with E-state index in [2.05, 4.69) is 47.9 Å². The number of allylic oxidation sites excluding steroid dienone is 1. The van der Waals surface area contributed by atoms with Gasteiger partial charge in [-0.05, 0) is 61.1 Å². The Morgan fingerprint density at radius 1 is 1.11 bits per heavy atom. The summed E-state index contributed by atoms with van der Waals surface area (Å²) in [6.07, 6.45) is 3.75. The fraction of sp³-hybridized carbons (Fsp3) is 0.261. The van der Waals surface area contributed by atoms with Gasteiger partial charge in [0, 0.05) is 0 Å². The average Bonchev–Trinajstić information content (AvgIpc) is 3.00. The summed E-state index contributed by atoms with van der Waals surface area (Å²) in [6.45, 7) is 9.94. The number of H-pyrrole nitrogens is 1. The maximum atomic E-state index is 12.8. The van der Waals surface area contributed by atoms with Crippen LogP contribution in [0.25, 0.3) is 5.69 Å². The van der Waals surface area contributed by atoms with Crippen LogP contribution >= 0.6 is 0 Å². The molecular weight excluding hydrogens is 348 g/mol. The lowest BCUT2D eigenvalue weighted by molar-refractivity contribution is 0.733. The first-order valence-electron chi connectivity index (χ1n) is 9.57. The highest BCUT2D eigenvalue weighted by Gasteiger charge is 2.12. The van der Waals surface area contributed by atoms with E-state index in [-0.39, 0.29) is 5.56 Å². The quantitative estimate of drug-likeness (QED) is 0.392. The molecule has 0 spiro atoms. The Labute approximate surface area is 165 Å². The molecule has 0 bridgehead atoms. The zero-order valence-corrected chi connectivity index (χ0v) is 16.6. The van der Waals surface area contributed by atoms with Gasteiger partial charge in [0.2, 0.25) is 0 Å². The van der Waals surface area contributed by atoms with Crippen molar-refractivity contribution in [3.05, 3.63) is 88.4 Å². The number of nitrogens with one attached hydrogen (secondary N) is 1. The van der Waals surface area contributed by atoms with Crippen LogP contribution in [0.4, 0.5) is 11.4 Å². The first-order chi connectivity index (χ1) is 13.5. The summed E-state index contributed by atoms with van der Waals surface area (Å²) < 4.78 is 1.49. The van der Waals surface area contributed by atoms with Crippen molar-refractivity contribution in [2.75, 3.05) is 0 Å². The van der Waals surface area contributed by atoms with E-state index in [1.54, 1.807) is 0 Å². The molecule has 3 rings (SSSR count). The van der Waals surface area contributed by atoms with Crippen LogP contribution in [0.15, 0.2) is 76.2 Å². The predicted octanol–water partition coefficient (Wildman–Crippen LogP) is 6.13. The van der Waals surface area contributed by atoms with Crippen LogP contribution in [-0.4, -0.2) is 9.78 Å². The van der Waals surface area contributed by atoms with Gasteiger partial charge in [-0.15, -0.1) is 11.7 Å². The molecule has 28 heavy (non-hydrogen) atoms. The van der Waals surface area contributed by atoms with E-state index in [1.807, 2.05) is 49.4 Å². The van der Waals surface area contributed by atoms with Gasteiger partial charge in [0.25, 0.3) is 5.56 Å². The number of hydrogen-bond acceptors (Lipinski definition) is 3. The van der Waals surface area contributed by atoms with Gasteiger partial charge >= 0.3 is 0 Å². The minimum absolute atomic E-state index is 0.214. The fourth-order valence-corrected chi connectivity index (χ4v) is 3.00. The third-order valence-electron chi connectivity index (χ3n) is 4.95. The third kappa shape index (κ3) is 4.19. The molecule has 0 aliphatic heterocycles. The lowest BCUT2D eigenvalue weighted by atomic mass is 9.99. The lowest BCUT2D eigenvalue weighted by Crippen LogP contribution is -2.13. The summed E-state index contributed by atoms with van der Waals surface area (Å²) in [6, 6.07) is 15.8. The Morgan fingerprint density at radius 2 is 1.79 bits per heavy atom. The summed E-state index contributed by atoms with van der Waals surface area (Å²) >= 11 is 0. The van der Waals surface area contributed by atoms with Gasteiger partial charge in [0.05, 0.1) is 17.1 Å². The maximum Gasteiger partial charge on any atom is 0.299 e. The Bertz CT molecular complexity index is 1020. The number of nitrogens with zero attached hydrogens (tertiary/aromatic N) is 3. The van der Waals surface area contributed by atoms with Crippen molar-refractivity contribution in [1.82, 2.24) is 9.78 Å². The molecule has 5 nitrogen and oxygen atoms in total. The van der Waals surface area contributed by atoms with Crippen LogP contribution in [0.1, 0.15) is 43.0 Å². The number of aromatic amines is 1. The van der Waals surface area contributed by atoms with Crippen LogP contribution in [0.3, 0.4) is 0 Å². The predicted molar refractivity (Wildman–Crippen MR) is 114 cm³/mol. The molecule has 1 heterocycles. The highest BCUT2D eigenvalue weighted by molar-refractivity contribution is 5.45. The Hall–Kier alpha value is -3.21. The number of rotatable bonds is 7. The summed E-state index contributed by atoms with van der Waals surface area (Å²) in [4.78, 5) is 12.8. The molecule has 0 fully saturated rings. The lowest BCUT2D eigenvalue weighted by Gasteiger charge is -2.07. The van der Waals surface area contributed by atoms with E-state index in [4.69, 9.17) is 0 Å². The van der Waals surface area contributed by atoms with Crippen LogP contribution in [0.5, 0.6) is 0 Å². The second kappa shape index (κ2) is 8.65. The van der Waals surface area contributed by atoms with Crippen LogP contribution < -0.4 is 5.56 Å². The molecule has 144 valence electrons. The van der Waals surface area contributed by atoms with Crippen molar-refractivity contribution in [2.45, 2.75) is 39.5 Å². The highest BCUT2D eigenvalue weighted by atomic mass is 16.1. The van der Waals surface area contributed by atoms with Crippen molar-refractivity contribution in [3.63, 3.8) is 0 Å². The van der Waals surface area contributed by atoms with E-state index in [0.29, 0.717) is 17.3 Å². The molecule has 1 N–H and O–H groups in total. The molecule has 3 aromatic rings. The monoisotopic (exact) mass is 374 g/mol. The van der Waals surface area contributed by atoms with Crippen molar-refractivity contribution < 1.29 is 0 Å². The SMILES string of the molecule is C=CCc1ccc(-n2[nH]c(C)c(N=Nc3ccc(C(C)CC)cc3)c2=O)cc1. The zero-order valence-electron chi connectivity index (χ0n) is 16.6. The van der Waals surface area contributed by atoms with Crippen molar-refractivity contribution in [2.24, 2.45) is 10.2 Å². The minimum Gasteiger partial charge on any atom is -0.293 e. The first kappa shape index (κ1) is 19.5. The van der Waals surface area contributed by atoms with E-state index < -0.39 is 0 Å². The Balaban J connectivity index is 1.84. The minimum atomic E-state index is -0.214. The molecule has 1 atom stereocenters. The Kier molecular flexibility index (Phi) is 6.04. The summed E-state index contributed by atoms with van der Waals surface area (Å²) in [5, 5.41) is 11.5. The molecule has 0 saturated carbocycles. The zero-order chi connectivity index (χ0) is 20.1. The van der Waals surface area contributed by atoms with Crippen LogP contribution in [0.2, 0.25) is 0 Å². The molecule has 1 aromatic heterocycles. The van der Waals surface area contributed by atoms with Crippen LogP contribution in [-0.2, 0) is 6.42 Å². The number of hydrogen-bond donors (Lipinski definition) is 1. The molecule has 5 heteroatoms. The first-order valence-corrected chi connectivity index (χ1v) is 9.57. The van der Waals surface area contributed by atoms with Crippen molar-refractivity contribution in [3.8, 4) is 5.69 Å². The summed E-state index contributed by atoms with van der Waals surface area (Å²) in [5.74, 6) is 0.517. The smallest absolute Gasteiger partial charge is 0.293 e. The second-order valence-corrected chi connectivity index (χ2v) is 6.99. The molecule has 1 unspecified atom stereocenters. The van der Waals surface area contributed by atoms with Gasteiger partial charge in [-0.3, -0.25) is 9.89 Å². The summed E-state index contributed by atoms with van der Waals surface area (Å²) in [5.41, 5.74) is 4.71. The number of aromatic nitrogens is 2. The van der Waals surface area contributed by atoms with Crippen LogP contribution in [0, 0.1) is 6.92 Å². The number of benzene rings is 2. The molecule has 0 aliphatic carbocycles. The number of azo groups is 1.